The van der Waals surface area contributed by atoms with Crippen molar-refractivity contribution in [2.24, 2.45) is 11.8 Å². The fourth-order valence-corrected chi connectivity index (χ4v) is 3.02. The van der Waals surface area contributed by atoms with E-state index in [0.29, 0.717) is 0 Å². The van der Waals surface area contributed by atoms with Crippen molar-refractivity contribution < 1.29 is 0 Å². The molecular weight excluding hydrogens is 218 g/mol. The summed E-state index contributed by atoms with van der Waals surface area (Å²) in [5.74, 6) is 2.70. The highest BCUT2D eigenvalue weighted by Gasteiger charge is 2.19. The number of nitrogens with zero attached hydrogens (tertiary/aromatic N) is 2. The van der Waals surface area contributed by atoms with Crippen LogP contribution in [0, 0.1) is 18.8 Å². The van der Waals surface area contributed by atoms with Gasteiger partial charge < -0.3 is 5.32 Å². The summed E-state index contributed by atoms with van der Waals surface area (Å²) >= 11 is 1.47. The summed E-state index contributed by atoms with van der Waals surface area (Å²) in [6, 6.07) is 0. The van der Waals surface area contributed by atoms with Gasteiger partial charge in [0, 0.05) is 18.1 Å². The predicted molar refractivity (Wildman–Crippen MR) is 68.9 cm³/mol. The maximum atomic E-state index is 4.32. The Kier molecular flexibility index (Phi) is 4.16. The van der Waals surface area contributed by atoms with Crippen molar-refractivity contribution >= 4 is 16.7 Å². The van der Waals surface area contributed by atoms with E-state index in [1.807, 2.05) is 6.92 Å². The molecule has 0 spiro atoms. The van der Waals surface area contributed by atoms with E-state index in [4.69, 9.17) is 0 Å². The first kappa shape index (κ1) is 11.8. The fourth-order valence-electron chi connectivity index (χ4n) is 2.44. The van der Waals surface area contributed by atoms with Crippen LogP contribution in [0.15, 0.2) is 0 Å². The summed E-state index contributed by atoms with van der Waals surface area (Å²) in [4.78, 5) is 4.32. The number of rotatable bonds is 4. The lowest BCUT2D eigenvalue weighted by molar-refractivity contribution is 0.278. The van der Waals surface area contributed by atoms with E-state index in [0.717, 1.165) is 29.3 Å². The molecule has 1 aromatic heterocycles. The standard InChI is InChI=1S/C12H21N3S/c1-3-10-4-6-11(7-5-10)8-13-12-14-9(2)15-16-12/h10-11H,3-8H2,1-2H3,(H,13,14,15). The normalized spacial score (nSPS) is 25.6. The van der Waals surface area contributed by atoms with Gasteiger partial charge in [-0.1, -0.05) is 26.2 Å². The van der Waals surface area contributed by atoms with Gasteiger partial charge in [0.1, 0.15) is 5.82 Å². The maximum absolute atomic E-state index is 4.32. The molecule has 1 aromatic rings. The molecule has 90 valence electrons. The maximum Gasteiger partial charge on any atom is 0.202 e. The van der Waals surface area contributed by atoms with Crippen molar-refractivity contribution in [3.05, 3.63) is 5.82 Å². The summed E-state index contributed by atoms with van der Waals surface area (Å²) < 4.78 is 4.17. The van der Waals surface area contributed by atoms with Gasteiger partial charge in [-0.25, -0.2) is 4.98 Å². The van der Waals surface area contributed by atoms with E-state index in [9.17, 15) is 0 Å². The van der Waals surface area contributed by atoms with Crippen molar-refractivity contribution in [2.75, 3.05) is 11.9 Å². The lowest BCUT2D eigenvalue weighted by Crippen LogP contribution is -2.20. The Morgan fingerprint density at radius 3 is 2.50 bits per heavy atom. The number of nitrogens with one attached hydrogen (secondary N) is 1. The van der Waals surface area contributed by atoms with Crippen molar-refractivity contribution in [3.8, 4) is 0 Å². The molecular formula is C12H21N3S. The van der Waals surface area contributed by atoms with E-state index < -0.39 is 0 Å². The minimum Gasteiger partial charge on any atom is -0.360 e. The van der Waals surface area contributed by atoms with Crippen LogP contribution in [0.1, 0.15) is 44.9 Å². The average molecular weight is 239 g/mol. The third kappa shape index (κ3) is 3.17. The minimum atomic E-state index is 0.840. The largest absolute Gasteiger partial charge is 0.360 e. The summed E-state index contributed by atoms with van der Waals surface area (Å²) in [6.45, 7) is 5.33. The van der Waals surface area contributed by atoms with Crippen LogP contribution in [-0.4, -0.2) is 15.9 Å². The first-order valence-electron chi connectivity index (χ1n) is 6.32. The van der Waals surface area contributed by atoms with Gasteiger partial charge in [0.05, 0.1) is 0 Å². The van der Waals surface area contributed by atoms with Crippen LogP contribution in [-0.2, 0) is 0 Å². The van der Waals surface area contributed by atoms with E-state index in [1.54, 1.807) is 0 Å². The molecule has 0 unspecified atom stereocenters. The van der Waals surface area contributed by atoms with Crippen molar-refractivity contribution in [2.45, 2.75) is 46.0 Å². The third-order valence-corrected chi connectivity index (χ3v) is 4.38. The summed E-state index contributed by atoms with van der Waals surface area (Å²) in [6.07, 6.45) is 6.94. The molecule has 0 aliphatic heterocycles. The number of aromatic nitrogens is 2. The van der Waals surface area contributed by atoms with Gasteiger partial charge in [0.2, 0.25) is 5.13 Å². The molecule has 1 aliphatic rings. The monoisotopic (exact) mass is 239 g/mol. The highest BCUT2D eigenvalue weighted by Crippen LogP contribution is 2.30. The van der Waals surface area contributed by atoms with Gasteiger partial charge in [-0.15, -0.1) is 0 Å². The molecule has 0 amide bonds. The van der Waals surface area contributed by atoms with Crippen LogP contribution in [0.5, 0.6) is 0 Å². The smallest absolute Gasteiger partial charge is 0.202 e. The summed E-state index contributed by atoms with van der Waals surface area (Å²) in [5.41, 5.74) is 0. The molecule has 2 rings (SSSR count). The Morgan fingerprint density at radius 1 is 1.25 bits per heavy atom. The van der Waals surface area contributed by atoms with E-state index in [2.05, 4.69) is 21.6 Å². The molecule has 0 saturated heterocycles. The minimum absolute atomic E-state index is 0.840. The Bertz CT molecular complexity index is 316. The molecule has 0 bridgehead atoms. The molecule has 1 aliphatic carbocycles. The quantitative estimate of drug-likeness (QED) is 0.874. The second-order valence-electron chi connectivity index (χ2n) is 4.82. The molecule has 0 atom stereocenters. The van der Waals surface area contributed by atoms with Crippen LogP contribution in [0.4, 0.5) is 5.13 Å². The predicted octanol–water partition coefficient (Wildman–Crippen LogP) is 3.47. The second kappa shape index (κ2) is 5.62. The van der Waals surface area contributed by atoms with Crippen LogP contribution >= 0.6 is 11.5 Å². The molecule has 0 aromatic carbocycles. The van der Waals surface area contributed by atoms with Gasteiger partial charge in [0.15, 0.2) is 0 Å². The number of anilines is 1. The third-order valence-electron chi connectivity index (χ3n) is 3.61. The molecule has 3 nitrogen and oxygen atoms in total. The van der Waals surface area contributed by atoms with Gasteiger partial charge in [0.25, 0.3) is 0 Å². The summed E-state index contributed by atoms with van der Waals surface area (Å²) in [7, 11) is 0. The highest BCUT2D eigenvalue weighted by atomic mass is 32.1. The Balaban J connectivity index is 1.71. The van der Waals surface area contributed by atoms with Gasteiger partial charge in [-0.2, -0.15) is 4.37 Å². The molecule has 0 radical (unpaired) electrons. The lowest BCUT2D eigenvalue weighted by Gasteiger charge is -2.27. The molecule has 1 N–H and O–H groups in total. The molecule has 4 heteroatoms. The Morgan fingerprint density at radius 2 is 1.94 bits per heavy atom. The molecule has 1 fully saturated rings. The number of hydrogen-bond donors (Lipinski definition) is 1. The van der Waals surface area contributed by atoms with Crippen LogP contribution < -0.4 is 5.32 Å². The highest BCUT2D eigenvalue weighted by molar-refractivity contribution is 7.09. The lowest BCUT2D eigenvalue weighted by atomic mass is 9.81. The zero-order chi connectivity index (χ0) is 11.4. The first-order chi connectivity index (χ1) is 7.78. The van der Waals surface area contributed by atoms with Crippen LogP contribution in [0.25, 0.3) is 0 Å². The van der Waals surface area contributed by atoms with Crippen molar-refractivity contribution in [3.63, 3.8) is 0 Å². The van der Waals surface area contributed by atoms with Gasteiger partial charge in [-0.3, -0.25) is 0 Å². The Hall–Kier alpha value is -0.640. The zero-order valence-electron chi connectivity index (χ0n) is 10.2. The zero-order valence-corrected chi connectivity index (χ0v) is 11.0. The van der Waals surface area contributed by atoms with Crippen molar-refractivity contribution in [1.82, 2.24) is 9.36 Å². The second-order valence-corrected chi connectivity index (χ2v) is 5.57. The van der Waals surface area contributed by atoms with Crippen LogP contribution in [0.3, 0.4) is 0 Å². The van der Waals surface area contributed by atoms with E-state index >= 15 is 0 Å². The fraction of sp³-hybridized carbons (Fsp3) is 0.833. The van der Waals surface area contributed by atoms with E-state index in [-0.39, 0.29) is 0 Å². The first-order valence-corrected chi connectivity index (χ1v) is 7.09. The average Bonchev–Trinajstić information content (AvgIpc) is 2.73. The topological polar surface area (TPSA) is 37.8 Å². The molecule has 1 heterocycles. The molecule has 16 heavy (non-hydrogen) atoms. The SMILES string of the molecule is CCC1CCC(CNc2nc(C)ns2)CC1. The van der Waals surface area contributed by atoms with E-state index in [1.165, 1.54) is 43.6 Å². The van der Waals surface area contributed by atoms with Gasteiger partial charge >= 0.3 is 0 Å². The Labute approximate surface area is 102 Å². The van der Waals surface area contributed by atoms with Crippen molar-refractivity contribution in [1.29, 1.82) is 0 Å². The van der Waals surface area contributed by atoms with Crippen LogP contribution in [0.2, 0.25) is 0 Å². The summed E-state index contributed by atoms with van der Waals surface area (Å²) in [5, 5.41) is 4.39. The molecule has 1 saturated carbocycles. The number of hydrogen-bond acceptors (Lipinski definition) is 4. The number of aryl methyl sites for hydroxylation is 1. The van der Waals surface area contributed by atoms with Gasteiger partial charge in [-0.05, 0) is 31.6 Å².